The molecule has 7 nitrogen and oxygen atoms in total. The van der Waals surface area contributed by atoms with Gasteiger partial charge in [0.2, 0.25) is 15.9 Å². The summed E-state index contributed by atoms with van der Waals surface area (Å²) in [6, 6.07) is 23.1. The van der Waals surface area contributed by atoms with Crippen LogP contribution in [0.25, 0.3) is 0 Å². The molecule has 3 aromatic carbocycles. The third-order valence-corrected chi connectivity index (χ3v) is 8.99. The van der Waals surface area contributed by atoms with Crippen molar-refractivity contribution < 1.29 is 13.2 Å². The minimum Gasteiger partial charge on any atom is -0.325 e. The number of nitrogens with one attached hydrogen (secondary N) is 2. The lowest BCUT2D eigenvalue weighted by atomic mass is 9.90. The molecule has 0 radical (unpaired) electrons. The summed E-state index contributed by atoms with van der Waals surface area (Å²) < 4.78 is 27.8. The first-order valence-corrected chi connectivity index (χ1v) is 15.3. The number of carbonyl (C=O) groups excluding carboxylic acids is 1. The summed E-state index contributed by atoms with van der Waals surface area (Å²) in [5, 5.41) is 2.63. The van der Waals surface area contributed by atoms with Gasteiger partial charge < -0.3 is 5.32 Å². The number of hydrogen-bond donors (Lipinski definition) is 2. The van der Waals surface area contributed by atoms with Crippen LogP contribution in [0.5, 0.6) is 0 Å². The molecule has 1 unspecified atom stereocenters. The molecule has 2 N–H and O–H groups in total. The zero-order valence-electron chi connectivity index (χ0n) is 22.6. The summed E-state index contributed by atoms with van der Waals surface area (Å²) in [6.07, 6.45) is 3.61. The Kier molecular flexibility index (Phi) is 8.14. The van der Waals surface area contributed by atoms with Gasteiger partial charge in [0, 0.05) is 17.9 Å². The van der Waals surface area contributed by atoms with E-state index < -0.39 is 15.9 Å². The average Bonchev–Trinajstić information content (AvgIpc) is 3.74. The van der Waals surface area contributed by atoms with Crippen molar-refractivity contribution in [3.05, 3.63) is 89.5 Å². The van der Waals surface area contributed by atoms with Crippen LogP contribution in [0.15, 0.2) is 77.8 Å². The van der Waals surface area contributed by atoms with Crippen LogP contribution in [0.4, 0.5) is 17.1 Å². The van der Waals surface area contributed by atoms with Gasteiger partial charge in [-0.25, -0.2) is 8.42 Å². The normalized spacial score (nSPS) is 17.3. The van der Waals surface area contributed by atoms with Crippen molar-refractivity contribution in [3.8, 4) is 0 Å². The fraction of sp³-hybridized carbons (Fsp3) is 0.355. The zero-order valence-corrected chi connectivity index (χ0v) is 23.4. The number of amides is 1. The molecule has 8 heteroatoms. The van der Waals surface area contributed by atoms with Crippen LogP contribution in [0.2, 0.25) is 0 Å². The lowest BCUT2D eigenvalue weighted by Gasteiger charge is -2.21. The first-order chi connectivity index (χ1) is 18.9. The second-order valence-corrected chi connectivity index (χ2v) is 12.3. The molecule has 39 heavy (non-hydrogen) atoms. The monoisotopic (exact) mass is 544 g/mol. The standard InChI is InChI=1S/C31H36N4O3S/c1-3-18-35(19-4-2)21-22-10-12-24(13-11-22)32-30(23-8-6-5-7-9-23)29-27-20-25(14-17-28(27)33-31(29)36)34-39(37,38)26-15-16-26/h5-14,17,20,26,29,34H,3-4,15-16,18-19,21H2,1-2H3,(H,33,36). The second kappa shape index (κ2) is 11.7. The number of anilines is 2. The van der Waals surface area contributed by atoms with Gasteiger partial charge in [0.25, 0.3) is 0 Å². The number of benzene rings is 3. The molecule has 0 spiro atoms. The Labute approximate surface area is 231 Å². The lowest BCUT2D eigenvalue weighted by Crippen LogP contribution is -2.24. The molecule has 1 fully saturated rings. The predicted octanol–water partition coefficient (Wildman–Crippen LogP) is 6.07. The van der Waals surface area contributed by atoms with E-state index in [1.165, 1.54) is 5.56 Å². The molecule has 0 bridgehead atoms. The van der Waals surface area contributed by atoms with Gasteiger partial charge in [0.05, 0.1) is 16.6 Å². The molecule has 1 heterocycles. The number of sulfonamides is 1. The van der Waals surface area contributed by atoms with Gasteiger partial charge in [-0.2, -0.15) is 0 Å². The maximum absolute atomic E-state index is 13.3. The number of rotatable bonds is 12. The third kappa shape index (κ3) is 6.40. The molecular formula is C31H36N4O3S. The van der Waals surface area contributed by atoms with E-state index in [0.717, 1.165) is 43.7 Å². The summed E-state index contributed by atoms with van der Waals surface area (Å²) >= 11 is 0. The third-order valence-electron chi connectivity index (χ3n) is 7.12. The van der Waals surface area contributed by atoms with Crippen LogP contribution in [0, 0.1) is 0 Å². The molecule has 5 rings (SSSR count). The van der Waals surface area contributed by atoms with Crippen molar-refractivity contribution in [2.24, 2.45) is 4.99 Å². The highest BCUT2D eigenvalue weighted by molar-refractivity contribution is 7.93. The Morgan fingerprint density at radius 2 is 1.67 bits per heavy atom. The SMILES string of the molecule is CCCN(CCC)Cc1ccc(N=C(c2ccccc2)C2C(=O)Nc3ccc(NS(=O)(=O)C4CC4)cc32)cc1. The van der Waals surface area contributed by atoms with Crippen molar-refractivity contribution >= 4 is 38.7 Å². The highest BCUT2D eigenvalue weighted by Gasteiger charge is 2.38. The summed E-state index contributed by atoms with van der Waals surface area (Å²) in [4.78, 5) is 20.8. The van der Waals surface area contributed by atoms with Gasteiger partial charge in [0.15, 0.2) is 0 Å². The Hall–Kier alpha value is -3.49. The van der Waals surface area contributed by atoms with Crippen molar-refractivity contribution in [2.45, 2.75) is 57.2 Å². The lowest BCUT2D eigenvalue weighted by molar-refractivity contribution is -0.115. The summed E-state index contributed by atoms with van der Waals surface area (Å²) in [5.41, 5.74) is 5.31. The molecule has 0 saturated heterocycles. The highest BCUT2D eigenvalue weighted by atomic mass is 32.2. The molecule has 204 valence electrons. The van der Waals surface area contributed by atoms with E-state index in [4.69, 9.17) is 4.99 Å². The van der Waals surface area contributed by atoms with Gasteiger partial charge in [-0.1, -0.05) is 56.3 Å². The van der Waals surface area contributed by atoms with Crippen molar-refractivity contribution in [3.63, 3.8) is 0 Å². The van der Waals surface area contributed by atoms with Gasteiger partial charge in [-0.05, 0) is 85.8 Å². The van der Waals surface area contributed by atoms with Crippen molar-refractivity contribution in [1.29, 1.82) is 0 Å². The van der Waals surface area contributed by atoms with E-state index >= 15 is 0 Å². The highest BCUT2D eigenvalue weighted by Crippen LogP contribution is 2.39. The molecule has 1 aliphatic heterocycles. The first kappa shape index (κ1) is 27.1. The predicted molar refractivity (Wildman–Crippen MR) is 158 cm³/mol. The molecule has 1 atom stereocenters. The molecule has 1 saturated carbocycles. The summed E-state index contributed by atoms with van der Waals surface area (Å²) in [6.45, 7) is 7.44. The fourth-order valence-corrected chi connectivity index (χ4v) is 6.48. The second-order valence-electron chi connectivity index (χ2n) is 10.4. The van der Waals surface area contributed by atoms with Crippen LogP contribution in [-0.4, -0.2) is 43.3 Å². The fourth-order valence-electron chi connectivity index (χ4n) is 5.10. The van der Waals surface area contributed by atoms with Crippen molar-refractivity contribution in [2.75, 3.05) is 23.1 Å². The molecule has 0 aromatic heterocycles. The largest absolute Gasteiger partial charge is 0.325 e. The van der Waals surface area contributed by atoms with Crippen LogP contribution in [-0.2, 0) is 21.4 Å². The Morgan fingerprint density at radius 3 is 2.31 bits per heavy atom. The topological polar surface area (TPSA) is 90.9 Å². The smallest absolute Gasteiger partial charge is 0.238 e. The van der Waals surface area contributed by atoms with Crippen LogP contribution in [0.1, 0.15) is 62.1 Å². The van der Waals surface area contributed by atoms with E-state index in [9.17, 15) is 13.2 Å². The summed E-state index contributed by atoms with van der Waals surface area (Å²) in [5.74, 6) is -0.849. The number of aliphatic imine (C=N–C) groups is 1. The average molecular weight is 545 g/mol. The summed E-state index contributed by atoms with van der Waals surface area (Å²) in [7, 11) is -3.42. The Bertz CT molecular complexity index is 1440. The van der Waals surface area contributed by atoms with E-state index in [1.54, 1.807) is 18.2 Å². The van der Waals surface area contributed by atoms with Gasteiger partial charge in [-0.3, -0.25) is 19.4 Å². The molecule has 3 aromatic rings. The van der Waals surface area contributed by atoms with E-state index in [2.05, 4.69) is 40.9 Å². The van der Waals surface area contributed by atoms with Crippen LogP contribution < -0.4 is 10.0 Å². The van der Waals surface area contributed by atoms with E-state index in [-0.39, 0.29) is 11.2 Å². The van der Waals surface area contributed by atoms with Gasteiger partial charge >= 0.3 is 0 Å². The Balaban J connectivity index is 1.47. The quantitative estimate of drug-likeness (QED) is 0.271. The van der Waals surface area contributed by atoms with E-state index in [1.807, 2.05) is 42.5 Å². The Morgan fingerprint density at radius 1 is 0.974 bits per heavy atom. The van der Waals surface area contributed by atoms with Crippen molar-refractivity contribution in [1.82, 2.24) is 4.90 Å². The first-order valence-electron chi connectivity index (χ1n) is 13.8. The van der Waals surface area contributed by atoms with E-state index in [0.29, 0.717) is 35.5 Å². The number of hydrogen-bond acceptors (Lipinski definition) is 5. The minimum atomic E-state index is -3.42. The van der Waals surface area contributed by atoms with Gasteiger partial charge in [0.1, 0.15) is 5.92 Å². The minimum absolute atomic E-state index is 0.179. The van der Waals surface area contributed by atoms with Crippen LogP contribution in [0.3, 0.4) is 0 Å². The molecule has 1 aliphatic carbocycles. The number of carbonyl (C=O) groups is 1. The maximum Gasteiger partial charge on any atom is 0.238 e. The molecular weight excluding hydrogens is 508 g/mol. The van der Waals surface area contributed by atoms with Crippen LogP contribution >= 0.6 is 0 Å². The maximum atomic E-state index is 13.3. The number of nitrogens with zero attached hydrogens (tertiary/aromatic N) is 2. The zero-order chi connectivity index (χ0) is 27.4. The molecule has 2 aliphatic rings. The number of fused-ring (bicyclic) bond motifs is 1. The molecule has 1 amide bonds. The van der Waals surface area contributed by atoms with Gasteiger partial charge in [-0.15, -0.1) is 0 Å².